The number of carbonyl (C=O) groups is 1. The highest BCUT2D eigenvalue weighted by atomic mass is 16.4. The first-order chi connectivity index (χ1) is 8.20. The van der Waals surface area contributed by atoms with Crippen LogP contribution in [0.25, 0.3) is 0 Å². The van der Waals surface area contributed by atoms with Gasteiger partial charge in [0.15, 0.2) is 0 Å². The van der Waals surface area contributed by atoms with E-state index < -0.39 is 5.97 Å². The minimum atomic E-state index is -0.658. The summed E-state index contributed by atoms with van der Waals surface area (Å²) in [7, 11) is 0. The molecule has 17 heavy (non-hydrogen) atoms. The predicted molar refractivity (Wildman–Crippen MR) is 67.9 cm³/mol. The van der Waals surface area contributed by atoms with Crippen LogP contribution in [0.3, 0.4) is 0 Å². The molecule has 2 fully saturated rings. The second-order valence-corrected chi connectivity index (χ2v) is 5.86. The van der Waals surface area contributed by atoms with E-state index >= 15 is 0 Å². The van der Waals surface area contributed by atoms with Crippen molar-refractivity contribution >= 4 is 5.97 Å². The van der Waals surface area contributed by atoms with Gasteiger partial charge in [-0.15, -0.1) is 0 Å². The summed E-state index contributed by atoms with van der Waals surface area (Å²) in [6.07, 6.45) is 8.72. The number of carboxylic acid groups (broad SMARTS) is 1. The van der Waals surface area contributed by atoms with Crippen LogP contribution in [0.4, 0.5) is 0 Å². The van der Waals surface area contributed by atoms with Gasteiger partial charge in [0.25, 0.3) is 0 Å². The van der Waals surface area contributed by atoms with Crippen molar-refractivity contribution in [1.29, 1.82) is 0 Å². The quantitative estimate of drug-likeness (QED) is 0.749. The zero-order valence-corrected chi connectivity index (χ0v) is 10.8. The molecule has 0 heterocycles. The Morgan fingerprint density at radius 3 is 2.24 bits per heavy atom. The Morgan fingerprint density at radius 2 is 1.76 bits per heavy atom. The van der Waals surface area contributed by atoms with E-state index in [1.54, 1.807) is 0 Å². The molecule has 0 bridgehead atoms. The van der Waals surface area contributed by atoms with Gasteiger partial charge in [0.05, 0.1) is 0 Å². The molecule has 0 aliphatic heterocycles. The van der Waals surface area contributed by atoms with Crippen LogP contribution in [0.1, 0.15) is 51.9 Å². The Morgan fingerprint density at radius 1 is 1.18 bits per heavy atom. The lowest BCUT2D eigenvalue weighted by Gasteiger charge is -2.28. The molecular weight excluding hydrogens is 214 g/mol. The summed E-state index contributed by atoms with van der Waals surface area (Å²) in [5.74, 6) is 1.37. The number of rotatable bonds is 6. The van der Waals surface area contributed by atoms with Crippen molar-refractivity contribution in [3.05, 3.63) is 0 Å². The topological polar surface area (TPSA) is 49.3 Å². The van der Waals surface area contributed by atoms with Gasteiger partial charge >= 0.3 is 5.97 Å². The van der Waals surface area contributed by atoms with Crippen LogP contribution >= 0.6 is 0 Å². The molecule has 3 heteroatoms. The average molecular weight is 239 g/mol. The number of carboxylic acids is 1. The minimum Gasteiger partial charge on any atom is -0.480 e. The van der Waals surface area contributed by atoms with E-state index in [-0.39, 0.29) is 6.04 Å². The summed E-state index contributed by atoms with van der Waals surface area (Å²) >= 11 is 0. The van der Waals surface area contributed by atoms with Gasteiger partial charge in [-0.2, -0.15) is 0 Å². The Balaban J connectivity index is 1.69. The smallest absolute Gasteiger partial charge is 0.320 e. The third-order valence-electron chi connectivity index (χ3n) is 4.53. The largest absolute Gasteiger partial charge is 0.480 e. The van der Waals surface area contributed by atoms with E-state index in [4.69, 9.17) is 5.11 Å². The van der Waals surface area contributed by atoms with Gasteiger partial charge in [0.1, 0.15) is 6.04 Å². The summed E-state index contributed by atoms with van der Waals surface area (Å²) in [5, 5.41) is 12.4. The molecule has 2 rings (SSSR count). The van der Waals surface area contributed by atoms with Crippen LogP contribution in [-0.4, -0.2) is 23.7 Å². The molecule has 0 radical (unpaired) electrons. The van der Waals surface area contributed by atoms with Gasteiger partial charge in [-0.25, -0.2) is 0 Å². The van der Waals surface area contributed by atoms with Crippen LogP contribution in [-0.2, 0) is 4.79 Å². The third-order valence-corrected chi connectivity index (χ3v) is 4.53. The van der Waals surface area contributed by atoms with Crippen LogP contribution in [0.2, 0.25) is 0 Å². The lowest BCUT2D eigenvalue weighted by atomic mass is 9.81. The molecule has 98 valence electrons. The molecule has 3 nitrogen and oxygen atoms in total. The van der Waals surface area contributed by atoms with E-state index in [9.17, 15) is 4.79 Å². The molecule has 0 aromatic heterocycles. The molecule has 2 saturated carbocycles. The lowest BCUT2D eigenvalue weighted by Crippen LogP contribution is -2.41. The highest BCUT2D eigenvalue weighted by Gasteiger charge is 2.36. The van der Waals surface area contributed by atoms with Gasteiger partial charge in [-0.1, -0.05) is 26.2 Å². The third kappa shape index (κ3) is 3.70. The second-order valence-electron chi connectivity index (χ2n) is 5.86. The van der Waals surface area contributed by atoms with Crippen molar-refractivity contribution in [2.24, 2.45) is 17.8 Å². The maximum atomic E-state index is 11.1. The summed E-state index contributed by atoms with van der Waals surface area (Å²) in [6, 6.07) is -0.279. The molecule has 0 aromatic carbocycles. The maximum absolute atomic E-state index is 11.1. The number of aliphatic carboxylic acids is 1. The fraction of sp³-hybridized carbons (Fsp3) is 0.929. The molecule has 2 aliphatic carbocycles. The first-order valence-electron chi connectivity index (χ1n) is 7.17. The van der Waals surface area contributed by atoms with Gasteiger partial charge in [-0.3, -0.25) is 4.79 Å². The van der Waals surface area contributed by atoms with Crippen LogP contribution in [0.5, 0.6) is 0 Å². The van der Waals surface area contributed by atoms with Crippen molar-refractivity contribution in [3.63, 3.8) is 0 Å². The first-order valence-corrected chi connectivity index (χ1v) is 7.17. The molecule has 2 aliphatic rings. The Hall–Kier alpha value is -0.570. The zero-order chi connectivity index (χ0) is 12.3. The van der Waals surface area contributed by atoms with E-state index in [2.05, 4.69) is 12.2 Å². The highest BCUT2D eigenvalue weighted by Crippen LogP contribution is 2.34. The Kier molecular flexibility index (Phi) is 4.43. The van der Waals surface area contributed by atoms with Crippen molar-refractivity contribution in [1.82, 2.24) is 5.32 Å². The van der Waals surface area contributed by atoms with Gasteiger partial charge in [-0.05, 0) is 50.0 Å². The molecule has 0 aromatic rings. The van der Waals surface area contributed by atoms with E-state index in [1.165, 1.54) is 32.1 Å². The molecule has 2 N–H and O–H groups in total. The maximum Gasteiger partial charge on any atom is 0.320 e. The van der Waals surface area contributed by atoms with Crippen molar-refractivity contribution < 1.29 is 9.90 Å². The Labute approximate surface area is 104 Å². The SMILES string of the molecule is CCC1CCC(CNC(C(=O)O)C2CC2)CC1. The molecule has 0 amide bonds. The summed E-state index contributed by atoms with van der Waals surface area (Å²) in [5.41, 5.74) is 0. The zero-order valence-electron chi connectivity index (χ0n) is 10.8. The van der Waals surface area contributed by atoms with E-state index in [0.29, 0.717) is 11.8 Å². The summed E-state index contributed by atoms with van der Waals surface area (Å²) in [4.78, 5) is 11.1. The molecule has 0 spiro atoms. The minimum absolute atomic E-state index is 0.279. The number of hydrogen-bond acceptors (Lipinski definition) is 2. The van der Waals surface area contributed by atoms with Gasteiger partial charge < -0.3 is 10.4 Å². The second kappa shape index (κ2) is 5.85. The molecule has 0 saturated heterocycles. The van der Waals surface area contributed by atoms with Crippen molar-refractivity contribution in [2.45, 2.75) is 57.9 Å². The van der Waals surface area contributed by atoms with Crippen LogP contribution in [0, 0.1) is 17.8 Å². The monoisotopic (exact) mass is 239 g/mol. The molecule has 1 atom stereocenters. The molecular formula is C14H25NO2. The summed E-state index contributed by atoms with van der Waals surface area (Å²) in [6.45, 7) is 3.18. The van der Waals surface area contributed by atoms with E-state index in [1.807, 2.05) is 0 Å². The fourth-order valence-corrected chi connectivity index (χ4v) is 3.02. The van der Waals surface area contributed by atoms with Crippen LogP contribution < -0.4 is 5.32 Å². The van der Waals surface area contributed by atoms with Crippen LogP contribution in [0.15, 0.2) is 0 Å². The van der Waals surface area contributed by atoms with Gasteiger partial charge in [0, 0.05) is 0 Å². The lowest BCUT2D eigenvalue weighted by molar-refractivity contribution is -0.140. The van der Waals surface area contributed by atoms with E-state index in [0.717, 1.165) is 25.3 Å². The Bertz CT molecular complexity index is 255. The normalized spacial score (nSPS) is 31.1. The molecule has 1 unspecified atom stereocenters. The summed E-state index contributed by atoms with van der Waals surface area (Å²) < 4.78 is 0. The standard InChI is InChI=1S/C14H25NO2/c1-2-10-3-5-11(6-4-10)9-15-13(14(16)17)12-7-8-12/h10-13,15H,2-9H2,1H3,(H,16,17). The number of nitrogens with one attached hydrogen (secondary N) is 1. The van der Waals surface area contributed by atoms with Crippen molar-refractivity contribution in [3.8, 4) is 0 Å². The highest BCUT2D eigenvalue weighted by molar-refractivity contribution is 5.74. The van der Waals surface area contributed by atoms with Crippen molar-refractivity contribution in [2.75, 3.05) is 6.54 Å². The fourth-order valence-electron chi connectivity index (χ4n) is 3.02. The van der Waals surface area contributed by atoms with Gasteiger partial charge in [0.2, 0.25) is 0 Å². The number of hydrogen-bond donors (Lipinski definition) is 2. The predicted octanol–water partition coefficient (Wildman–Crippen LogP) is 2.66. The average Bonchev–Trinajstić information content (AvgIpc) is 3.14. The first kappa shape index (κ1) is 12.9.